The number of hydrogen-bond donors (Lipinski definition) is 3. The highest BCUT2D eigenvalue weighted by Gasteiger charge is 2.06. The van der Waals surface area contributed by atoms with E-state index in [1.54, 1.807) is 0 Å². The average molecular weight is 165 g/mol. The molecule has 0 saturated heterocycles. The minimum absolute atomic E-state index is 0.148. The van der Waals surface area contributed by atoms with Crippen LogP contribution in [-0.4, -0.2) is 6.54 Å². The molecule has 6 N–H and O–H groups in total. The van der Waals surface area contributed by atoms with E-state index in [2.05, 4.69) is 0 Å². The maximum absolute atomic E-state index is 5.76. The summed E-state index contributed by atoms with van der Waals surface area (Å²) in [7, 11) is 0. The summed E-state index contributed by atoms with van der Waals surface area (Å²) in [6.07, 6.45) is 0. The van der Waals surface area contributed by atoms with Crippen molar-refractivity contribution >= 4 is 5.69 Å². The molecule has 0 spiro atoms. The van der Waals surface area contributed by atoms with Crippen LogP contribution >= 0.6 is 0 Å². The zero-order valence-electron chi connectivity index (χ0n) is 7.25. The zero-order chi connectivity index (χ0) is 9.14. The lowest BCUT2D eigenvalue weighted by Crippen LogP contribution is -2.21. The number of aryl methyl sites for hydroxylation is 1. The molecule has 0 amide bonds. The molecule has 1 rings (SSSR count). The Labute approximate surface area is 72.5 Å². The molecule has 0 radical (unpaired) electrons. The molecule has 0 fully saturated rings. The first-order chi connectivity index (χ1) is 5.65. The summed E-state index contributed by atoms with van der Waals surface area (Å²) in [6.45, 7) is 2.42. The van der Waals surface area contributed by atoms with Crippen LogP contribution in [0, 0.1) is 6.92 Å². The molecule has 0 aliphatic rings. The van der Waals surface area contributed by atoms with E-state index in [1.807, 2.05) is 25.1 Å². The Kier molecular flexibility index (Phi) is 2.68. The second kappa shape index (κ2) is 3.56. The Balaban J connectivity index is 3.01. The highest BCUT2D eigenvalue weighted by Crippen LogP contribution is 2.18. The Morgan fingerprint density at radius 2 is 2.08 bits per heavy atom. The van der Waals surface area contributed by atoms with Crippen molar-refractivity contribution in [2.45, 2.75) is 13.0 Å². The molecule has 3 nitrogen and oxygen atoms in total. The second-order valence-corrected chi connectivity index (χ2v) is 2.97. The van der Waals surface area contributed by atoms with Gasteiger partial charge in [0.25, 0.3) is 0 Å². The van der Waals surface area contributed by atoms with Crippen molar-refractivity contribution in [3.8, 4) is 0 Å². The first-order valence-corrected chi connectivity index (χ1v) is 3.97. The summed E-state index contributed by atoms with van der Waals surface area (Å²) in [4.78, 5) is 0. The van der Waals surface area contributed by atoms with Crippen LogP contribution in [-0.2, 0) is 0 Å². The van der Waals surface area contributed by atoms with Crippen LogP contribution in [0.4, 0.5) is 5.69 Å². The van der Waals surface area contributed by atoms with E-state index in [4.69, 9.17) is 17.2 Å². The maximum Gasteiger partial charge on any atom is 0.0439 e. The van der Waals surface area contributed by atoms with Gasteiger partial charge in [0.05, 0.1) is 0 Å². The fourth-order valence-corrected chi connectivity index (χ4v) is 1.16. The highest BCUT2D eigenvalue weighted by molar-refractivity contribution is 5.50. The highest BCUT2D eigenvalue weighted by atomic mass is 14.7. The molecule has 0 saturated carbocycles. The van der Waals surface area contributed by atoms with Crippen molar-refractivity contribution in [1.82, 2.24) is 0 Å². The molecule has 0 heterocycles. The predicted molar refractivity (Wildman–Crippen MR) is 51.6 cm³/mol. The molecule has 12 heavy (non-hydrogen) atoms. The van der Waals surface area contributed by atoms with Crippen molar-refractivity contribution in [1.29, 1.82) is 0 Å². The van der Waals surface area contributed by atoms with E-state index in [9.17, 15) is 0 Å². The molecule has 66 valence electrons. The minimum atomic E-state index is -0.148. The lowest BCUT2D eigenvalue weighted by Gasteiger charge is -2.12. The SMILES string of the molecule is Cc1ccc([C@H](N)CN)c(N)c1. The Morgan fingerprint density at radius 1 is 1.42 bits per heavy atom. The van der Waals surface area contributed by atoms with Crippen LogP contribution in [0.1, 0.15) is 17.2 Å². The molecule has 0 aromatic heterocycles. The summed E-state index contributed by atoms with van der Waals surface area (Å²) in [6, 6.07) is 5.68. The molecule has 0 aliphatic carbocycles. The molecule has 0 unspecified atom stereocenters. The van der Waals surface area contributed by atoms with Crippen LogP contribution in [0.5, 0.6) is 0 Å². The Hall–Kier alpha value is -1.06. The number of nitrogens with two attached hydrogens (primary N) is 3. The summed E-state index contributed by atoms with van der Waals surface area (Å²) in [5.74, 6) is 0. The quantitative estimate of drug-likeness (QED) is 0.559. The summed E-state index contributed by atoms with van der Waals surface area (Å²) in [5.41, 5.74) is 19.7. The Morgan fingerprint density at radius 3 is 2.58 bits per heavy atom. The van der Waals surface area contributed by atoms with Gasteiger partial charge in [0.1, 0.15) is 0 Å². The van der Waals surface area contributed by atoms with Crippen molar-refractivity contribution in [3.63, 3.8) is 0 Å². The third kappa shape index (κ3) is 1.75. The van der Waals surface area contributed by atoms with Gasteiger partial charge in [-0.05, 0) is 24.1 Å². The molecule has 3 heteroatoms. The van der Waals surface area contributed by atoms with E-state index in [0.717, 1.165) is 16.8 Å². The van der Waals surface area contributed by atoms with Gasteiger partial charge in [-0.15, -0.1) is 0 Å². The van der Waals surface area contributed by atoms with Crippen LogP contribution in [0.2, 0.25) is 0 Å². The molecule has 1 atom stereocenters. The van der Waals surface area contributed by atoms with Gasteiger partial charge in [-0.1, -0.05) is 12.1 Å². The van der Waals surface area contributed by atoms with Gasteiger partial charge in [-0.25, -0.2) is 0 Å². The van der Waals surface area contributed by atoms with Gasteiger partial charge in [0.2, 0.25) is 0 Å². The molecular formula is C9H15N3. The summed E-state index contributed by atoms with van der Waals surface area (Å²) in [5, 5.41) is 0. The van der Waals surface area contributed by atoms with Gasteiger partial charge >= 0.3 is 0 Å². The number of anilines is 1. The fourth-order valence-electron chi connectivity index (χ4n) is 1.16. The fraction of sp³-hybridized carbons (Fsp3) is 0.333. The normalized spacial score (nSPS) is 12.9. The van der Waals surface area contributed by atoms with Crippen molar-refractivity contribution < 1.29 is 0 Å². The van der Waals surface area contributed by atoms with Crippen molar-refractivity contribution in [2.75, 3.05) is 12.3 Å². The van der Waals surface area contributed by atoms with Gasteiger partial charge in [0, 0.05) is 18.3 Å². The average Bonchev–Trinajstić information content (AvgIpc) is 2.03. The van der Waals surface area contributed by atoms with Crippen molar-refractivity contribution in [3.05, 3.63) is 29.3 Å². The van der Waals surface area contributed by atoms with E-state index in [1.165, 1.54) is 0 Å². The maximum atomic E-state index is 5.76. The molecule has 1 aromatic rings. The van der Waals surface area contributed by atoms with Crippen molar-refractivity contribution in [2.24, 2.45) is 11.5 Å². The van der Waals surface area contributed by atoms with Gasteiger partial charge in [-0.2, -0.15) is 0 Å². The number of nitrogen functional groups attached to an aromatic ring is 1. The van der Waals surface area contributed by atoms with Gasteiger partial charge < -0.3 is 17.2 Å². The monoisotopic (exact) mass is 165 g/mol. The molecule has 1 aromatic carbocycles. The molecule has 0 bridgehead atoms. The summed E-state index contributed by atoms with van der Waals surface area (Å²) >= 11 is 0. The van der Waals surface area contributed by atoms with Gasteiger partial charge in [-0.3, -0.25) is 0 Å². The van der Waals surface area contributed by atoms with Crippen LogP contribution in [0.15, 0.2) is 18.2 Å². The Bertz CT molecular complexity index is 270. The van der Waals surface area contributed by atoms with Gasteiger partial charge in [0.15, 0.2) is 0 Å². The van der Waals surface area contributed by atoms with E-state index < -0.39 is 0 Å². The number of rotatable bonds is 2. The first-order valence-electron chi connectivity index (χ1n) is 3.97. The van der Waals surface area contributed by atoms with Crippen LogP contribution in [0.3, 0.4) is 0 Å². The third-order valence-corrected chi connectivity index (χ3v) is 1.90. The minimum Gasteiger partial charge on any atom is -0.398 e. The lowest BCUT2D eigenvalue weighted by atomic mass is 10.0. The number of benzene rings is 1. The second-order valence-electron chi connectivity index (χ2n) is 2.97. The van der Waals surface area contributed by atoms with Crippen LogP contribution < -0.4 is 17.2 Å². The smallest absolute Gasteiger partial charge is 0.0439 e. The molecular weight excluding hydrogens is 150 g/mol. The predicted octanol–water partition coefficient (Wildman–Crippen LogP) is 0.536. The van der Waals surface area contributed by atoms with E-state index in [0.29, 0.717) is 6.54 Å². The number of hydrogen-bond acceptors (Lipinski definition) is 3. The largest absolute Gasteiger partial charge is 0.398 e. The third-order valence-electron chi connectivity index (χ3n) is 1.90. The lowest BCUT2D eigenvalue weighted by molar-refractivity contribution is 0.739. The topological polar surface area (TPSA) is 78.1 Å². The molecule has 0 aliphatic heterocycles. The summed E-state index contributed by atoms with van der Waals surface area (Å²) < 4.78 is 0. The van der Waals surface area contributed by atoms with Crippen LogP contribution in [0.25, 0.3) is 0 Å². The standard InChI is InChI=1S/C9H15N3/c1-6-2-3-7(8(11)4-6)9(12)5-10/h2-4,9H,5,10-12H2,1H3/t9-/m1/s1. The first kappa shape index (κ1) is 9.03. The van der Waals surface area contributed by atoms with E-state index in [-0.39, 0.29) is 6.04 Å². The van der Waals surface area contributed by atoms with E-state index >= 15 is 0 Å². The zero-order valence-corrected chi connectivity index (χ0v) is 7.25.